The maximum absolute atomic E-state index is 13.6. The van der Waals surface area contributed by atoms with Gasteiger partial charge in [0, 0.05) is 27.0 Å². The highest BCUT2D eigenvalue weighted by atomic mass is 79.9. The van der Waals surface area contributed by atoms with E-state index in [0.29, 0.717) is 12.1 Å². The Bertz CT molecular complexity index is 1530. The van der Waals surface area contributed by atoms with E-state index in [0.717, 1.165) is 37.1 Å². The largest absolute Gasteiger partial charge is 0.497 e. The molecule has 0 aliphatic carbocycles. The van der Waals surface area contributed by atoms with Crippen molar-refractivity contribution in [1.82, 2.24) is 14.8 Å². The number of nitrogens with zero attached hydrogens (tertiary/aromatic N) is 4. The molecule has 1 aliphatic heterocycles. The smallest absolute Gasteiger partial charge is 0.267 e. The summed E-state index contributed by atoms with van der Waals surface area (Å²) in [6.07, 6.45) is 0.542. The average Bonchev–Trinajstić information content (AvgIpc) is 3.36. The molecule has 1 unspecified atom stereocenters. The molecule has 1 aliphatic rings. The fourth-order valence-corrected chi connectivity index (χ4v) is 4.87. The molecule has 0 radical (unpaired) electrons. The van der Waals surface area contributed by atoms with E-state index in [2.05, 4.69) is 37.0 Å². The minimum Gasteiger partial charge on any atom is -0.497 e. The predicted molar refractivity (Wildman–Crippen MR) is 150 cm³/mol. The lowest BCUT2D eigenvalue weighted by molar-refractivity contribution is -0.133. The second kappa shape index (κ2) is 10.8. The van der Waals surface area contributed by atoms with Gasteiger partial charge >= 0.3 is 0 Å². The number of rotatable bonds is 6. The van der Waals surface area contributed by atoms with Crippen LogP contribution in [-0.4, -0.2) is 33.5 Å². The molecule has 0 spiro atoms. The van der Waals surface area contributed by atoms with Gasteiger partial charge in [-0.05, 0) is 53.6 Å². The minimum absolute atomic E-state index is 0.232. The third kappa shape index (κ3) is 5.57. The fraction of sp³-hybridized carbons (Fsp3) is 0.143. The van der Waals surface area contributed by atoms with Crippen molar-refractivity contribution in [3.8, 4) is 17.0 Å². The summed E-state index contributed by atoms with van der Waals surface area (Å²) in [4.78, 5) is 26.2. The summed E-state index contributed by atoms with van der Waals surface area (Å²) >= 11 is 6.93. The van der Waals surface area contributed by atoms with Crippen LogP contribution >= 0.6 is 31.9 Å². The van der Waals surface area contributed by atoms with Crippen molar-refractivity contribution in [2.24, 2.45) is 5.10 Å². The van der Waals surface area contributed by atoms with Crippen LogP contribution < -0.4 is 10.3 Å². The third-order valence-electron chi connectivity index (χ3n) is 6.12. The Morgan fingerprint density at radius 2 is 1.70 bits per heavy atom. The number of hydrogen-bond donors (Lipinski definition) is 0. The standard InChI is InChI=1S/C28H22Br2N4O3/c1-37-23-11-7-19(8-12-23)26-16-25(18-5-9-21(29)10-6-18)32-34(26)28(36)17-33-27(35)14-13-24(31-33)20-3-2-4-22(30)15-20/h2-15,26H,16-17H2,1H3. The number of amides is 1. The number of aromatic nitrogens is 2. The molecule has 37 heavy (non-hydrogen) atoms. The number of benzene rings is 3. The van der Waals surface area contributed by atoms with Crippen LogP contribution in [0.5, 0.6) is 5.75 Å². The zero-order valence-electron chi connectivity index (χ0n) is 19.8. The van der Waals surface area contributed by atoms with Gasteiger partial charge in [-0.25, -0.2) is 9.69 Å². The quantitative estimate of drug-likeness (QED) is 0.272. The summed E-state index contributed by atoms with van der Waals surface area (Å²) in [7, 11) is 1.61. The molecule has 9 heteroatoms. The molecule has 1 amide bonds. The molecule has 4 aromatic rings. The Balaban J connectivity index is 1.47. The topological polar surface area (TPSA) is 76.8 Å². The Kier molecular flexibility index (Phi) is 7.34. The Labute approximate surface area is 230 Å². The third-order valence-corrected chi connectivity index (χ3v) is 7.14. The van der Waals surface area contributed by atoms with Crippen LogP contribution in [0.1, 0.15) is 23.6 Å². The molecule has 1 aromatic heterocycles. The number of carbonyl (C=O) groups is 1. The first-order chi connectivity index (χ1) is 17.9. The maximum atomic E-state index is 13.6. The van der Waals surface area contributed by atoms with Gasteiger partial charge in [0.2, 0.25) is 0 Å². The van der Waals surface area contributed by atoms with Crippen LogP contribution in [0.25, 0.3) is 11.3 Å². The van der Waals surface area contributed by atoms with E-state index in [4.69, 9.17) is 9.84 Å². The molecule has 1 atom stereocenters. The first-order valence-corrected chi connectivity index (χ1v) is 13.1. The number of ether oxygens (including phenoxy) is 1. The highest BCUT2D eigenvalue weighted by Gasteiger charge is 2.33. The predicted octanol–water partition coefficient (Wildman–Crippen LogP) is 5.82. The zero-order chi connectivity index (χ0) is 25.9. The lowest BCUT2D eigenvalue weighted by Crippen LogP contribution is -2.34. The van der Waals surface area contributed by atoms with Gasteiger partial charge in [0.15, 0.2) is 0 Å². The summed E-state index contributed by atoms with van der Waals surface area (Å²) in [6, 6.07) is 25.8. The van der Waals surface area contributed by atoms with Crippen molar-refractivity contribution in [2.75, 3.05) is 7.11 Å². The summed E-state index contributed by atoms with van der Waals surface area (Å²) in [6.45, 7) is -0.232. The molecule has 2 heterocycles. The van der Waals surface area contributed by atoms with Crippen molar-refractivity contribution < 1.29 is 9.53 Å². The lowest BCUT2D eigenvalue weighted by atomic mass is 9.98. The summed E-state index contributed by atoms with van der Waals surface area (Å²) in [5.74, 6) is 0.405. The molecule has 186 valence electrons. The van der Waals surface area contributed by atoms with Gasteiger partial charge in [0.25, 0.3) is 11.5 Å². The molecule has 0 saturated carbocycles. The summed E-state index contributed by atoms with van der Waals surface area (Å²) in [5.41, 5.74) is 3.73. The maximum Gasteiger partial charge on any atom is 0.267 e. The van der Waals surface area contributed by atoms with E-state index < -0.39 is 0 Å². The number of methoxy groups -OCH3 is 1. The molecule has 0 saturated heterocycles. The Morgan fingerprint density at radius 1 is 0.946 bits per heavy atom. The molecule has 0 N–H and O–H groups in total. The van der Waals surface area contributed by atoms with Crippen LogP contribution in [0.2, 0.25) is 0 Å². The van der Waals surface area contributed by atoms with Crippen molar-refractivity contribution in [3.05, 3.63) is 115 Å². The summed E-state index contributed by atoms with van der Waals surface area (Å²) in [5, 5.41) is 10.7. The van der Waals surface area contributed by atoms with E-state index in [1.165, 1.54) is 15.8 Å². The van der Waals surface area contributed by atoms with E-state index >= 15 is 0 Å². The van der Waals surface area contributed by atoms with E-state index in [1.54, 1.807) is 13.2 Å². The second-order valence-corrected chi connectivity index (χ2v) is 10.3. The SMILES string of the molecule is COc1ccc(C2CC(c3ccc(Br)cc3)=NN2C(=O)Cn2nc(-c3cccc(Br)c3)ccc2=O)cc1. The normalized spacial score (nSPS) is 14.9. The fourth-order valence-electron chi connectivity index (χ4n) is 4.21. The first kappa shape index (κ1) is 25.1. The Hall–Kier alpha value is -3.56. The number of halogens is 2. The molecule has 5 rings (SSSR count). The van der Waals surface area contributed by atoms with E-state index in [1.807, 2.05) is 72.8 Å². The zero-order valence-corrected chi connectivity index (χ0v) is 23.0. The Morgan fingerprint density at radius 3 is 2.41 bits per heavy atom. The van der Waals surface area contributed by atoms with E-state index in [-0.39, 0.29) is 24.1 Å². The van der Waals surface area contributed by atoms with Gasteiger partial charge in [0.05, 0.1) is 24.6 Å². The lowest BCUT2D eigenvalue weighted by Gasteiger charge is -2.22. The summed E-state index contributed by atoms with van der Waals surface area (Å²) < 4.78 is 8.34. The highest BCUT2D eigenvalue weighted by Crippen LogP contribution is 2.34. The molecule has 3 aromatic carbocycles. The van der Waals surface area contributed by atoms with Crippen molar-refractivity contribution >= 4 is 43.5 Å². The van der Waals surface area contributed by atoms with Crippen LogP contribution in [0, 0.1) is 0 Å². The molecular weight excluding hydrogens is 600 g/mol. The van der Waals surface area contributed by atoms with Gasteiger partial charge in [-0.15, -0.1) is 0 Å². The molecule has 0 fully saturated rings. The monoisotopic (exact) mass is 620 g/mol. The molecule has 7 nitrogen and oxygen atoms in total. The van der Waals surface area contributed by atoms with Gasteiger partial charge in [0.1, 0.15) is 12.3 Å². The van der Waals surface area contributed by atoms with Crippen molar-refractivity contribution in [2.45, 2.75) is 19.0 Å². The van der Waals surface area contributed by atoms with Gasteiger partial charge in [-0.2, -0.15) is 10.2 Å². The molecular formula is C28H22Br2N4O3. The average molecular weight is 622 g/mol. The molecule has 0 bridgehead atoms. The first-order valence-electron chi connectivity index (χ1n) is 11.5. The number of carbonyl (C=O) groups excluding carboxylic acids is 1. The minimum atomic E-state index is -0.357. The number of hydrazone groups is 1. The van der Waals surface area contributed by atoms with Gasteiger partial charge in [-0.1, -0.05) is 68.3 Å². The highest BCUT2D eigenvalue weighted by molar-refractivity contribution is 9.10. The van der Waals surface area contributed by atoms with Crippen LogP contribution in [0.4, 0.5) is 0 Å². The van der Waals surface area contributed by atoms with Crippen molar-refractivity contribution in [3.63, 3.8) is 0 Å². The number of hydrogen-bond acceptors (Lipinski definition) is 5. The van der Waals surface area contributed by atoms with Crippen LogP contribution in [0.3, 0.4) is 0 Å². The van der Waals surface area contributed by atoms with Gasteiger partial charge in [-0.3, -0.25) is 9.59 Å². The van der Waals surface area contributed by atoms with Crippen LogP contribution in [-0.2, 0) is 11.3 Å². The van der Waals surface area contributed by atoms with E-state index in [9.17, 15) is 9.59 Å². The van der Waals surface area contributed by atoms with Crippen molar-refractivity contribution in [1.29, 1.82) is 0 Å². The second-order valence-electron chi connectivity index (χ2n) is 8.51. The van der Waals surface area contributed by atoms with Crippen LogP contribution in [0.15, 0.2) is 104 Å². The van der Waals surface area contributed by atoms with Gasteiger partial charge < -0.3 is 4.74 Å².